The molecule has 3 heterocycles. The van der Waals surface area contributed by atoms with Gasteiger partial charge in [0, 0.05) is 25.6 Å². The van der Waals surface area contributed by atoms with Crippen molar-refractivity contribution in [3.63, 3.8) is 0 Å². The molecule has 3 aromatic rings. The number of morpholine rings is 1. The summed E-state index contributed by atoms with van der Waals surface area (Å²) < 4.78 is 31.4. The number of benzene rings is 1. The summed E-state index contributed by atoms with van der Waals surface area (Å²) in [4.78, 5) is 17.7. The largest absolute Gasteiger partial charge is 0.449 e. The van der Waals surface area contributed by atoms with E-state index in [-0.39, 0.29) is 29.0 Å². The summed E-state index contributed by atoms with van der Waals surface area (Å²) in [5.74, 6) is -0.148. The van der Waals surface area contributed by atoms with Crippen LogP contribution in [-0.4, -0.2) is 41.7 Å². The highest BCUT2D eigenvalue weighted by molar-refractivity contribution is 5.99. The van der Waals surface area contributed by atoms with Crippen molar-refractivity contribution < 1.29 is 22.9 Å². The van der Waals surface area contributed by atoms with E-state index in [0.717, 1.165) is 0 Å². The Labute approximate surface area is 148 Å². The van der Waals surface area contributed by atoms with E-state index in [2.05, 4.69) is 10.1 Å². The zero-order chi connectivity index (χ0) is 18.4. The lowest BCUT2D eigenvalue weighted by Crippen LogP contribution is -2.46. The lowest BCUT2D eigenvalue weighted by Gasteiger charge is -2.37. The van der Waals surface area contributed by atoms with Crippen LogP contribution in [0.15, 0.2) is 21.3 Å². The van der Waals surface area contributed by atoms with E-state index >= 15 is 4.39 Å². The van der Waals surface area contributed by atoms with Gasteiger partial charge in [0.1, 0.15) is 17.7 Å². The van der Waals surface area contributed by atoms with Gasteiger partial charge < -0.3 is 18.6 Å². The molecule has 2 aromatic heterocycles. The molecule has 0 spiro atoms. The lowest BCUT2D eigenvalue weighted by molar-refractivity contribution is -0.00543. The molecule has 0 aliphatic carbocycles. The molecule has 7 nitrogen and oxygen atoms in total. The molecule has 0 saturated carbocycles. The molecule has 0 bridgehead atoms. The Balaban J connectivity index is 1.87. The minimum atomic E-state index is -0.607. The number of aryl methyl sites for hydroxylation is 1. The predicted molar refractivity (Wildman–Crippen MR) is 91.8 cm³/mol. The van der Waals surface area contributed by atoms with E-state index in [1.807, 2.05) is 18.7 Å². The van der Waals surface area contributed by atoms with Gasteiger partial charge in [-0.05, 0) is 19.9 Å². The fourth-order valence-corrected chi connectivity index (χ4v) is 3.48. The molecule has 0 amide bonds. The molecule has 0 N–H and O–H groups in total. The minimum Gasteiger partial charge on any atom is -0.449 e. The molecule has 2 atom stereocenters. The molecule has 1 fully saturated rings. The third-order valence-corrected chi connectivity index (χ3v) is 4.43. The van der Waals surface area contributed by atoms with E-state index in [9.17, 15) is 4.79 Å². The fourth-order valence-electron chi connectivity index (χ4n) is 3.48. The average molecular weight is 359 g/mol. The topological polar surface area (TPSA) is 81.6 Å². The Hall–Kier alpha value is -2.74. The van der Waals surface area contributed by atoms with Crippen LogP contribution in [0, 0.1) is 12.7 Å². The summed E-state index contributed by atoms with van der Waals surface area (Å²) in [6, 6.07) is 1.58. The normalized spacial score (nSPS) is 20.7. The highest BCUT2D eigenvalue weighted by atomic mass is 19.1. The second kappa shape index (κ2) is 6.21. The third kappa shape index (κ3) is 2.66. The van der Waals surface area contributed by atoms with Crippen molar-refractivity contribution in [2.24, 2.45) is 0 Å². The van der Waals surface area contributed by atoms with Crippen LogP contribution in [0.2, 0.25) is 0 Å². The molecule has 1 aliphatic heterocycles. The fraction of sp³-hybridized carbons (Fsp3) is 0.389. The first-order valence-electron chi connectivity index (χ1n) is 8.38. The Morgan fingerprint density at radius 1 is 1.31 bits per heavy atom. The first-order chi connectivity index (χ1) is 12.5. The van der Waals surface area contributed by atoms with Crippen molar-refractivity contribution in [3.05, 3.63) is 29.6 Å². The summed E-state index contributed by atoms with van der Waals surface area (Å²) in [7, 11) is 0. The molecule has 1 saturated heterocycles. The van der Waals surface area contributed by atoms with Crippen molar-refractivity contribution in [1.29, 1.82) is 0 Å². The lowest BCUT2D eigenvalue weighted by atomic mass is 10.1. The van der Waals surface area contributed by atoms with Gasteiger partial charge in [0.2, 0.25) is 5.58 Å². The van der Waals surface area contributed by atoms with E-state index in [0.29, 0.717) is 42.0 Å². The van der Waals surface area contributed by atoms with Gasteiger partial charge in [0.25, 0.3) is 0 Å². The van der Waals surface area contributed by atoms with Gasteiger partial charge in [-0.25, -0.2) is 9.37 Å². The highest BCUT2D eigenvalue weighted by Crippen LogP contribution is 2.36. The third-order valence-electron chi connectivity index (χ3n) is 4.43. The van der Waals surface area contributed by atoms with Crippen molar-refractivity contribution in [1.82, 2.24) is 10.1 Å². The maximum atomic E-state index is 15.3. The van der Waals surface area contributed by atoms with Crippen LogP contribution >= 0.6 is 0 Å². The number of aldehydes is 1. The predicted octanol–water partition coefficient (Wildman–Crippen LogP) is 3.36. The van der Waals surface area contributed by atoms with Gasteiger partial charge in [-0.1, -0.05) is 5.16 Å². The van der Waals surface area contributed by atoms with Crippen molar-refractivity contribution in [2.75, 3.05) is 18.0 Å². The van der Waals surface area contributed by atoms with Crippen LogP contribution in [0.4, 0.5) is 10.1 Å². The van der Waals surface area contributed by atoms with Gasteiger partial charge in [-0.15, -0.1) is 0 Å². The number of carbonyl (C=O) groups excluding carboxylic acids is 1. The van der Waals surface area contributed by atoms with E-state index < -0.39 is 5.82 Å². The van der Waals surface area contributed by atoms with Crippen molar-refractivity contribution in [2.45, 2.75) is 33.0 Å². The van der Waals surface area contributed by atoms with E-state index in [1.54, 1.807) is 13.0 Å². The SMILES string of the molecule is Cc1nc(-c2noc3c(F)c(N4CC(C)OC(C)C4)c(C=O)cc23)co1. The zero-order valence-corrected chi connectivity index (χ0v) is 14.7. The average Bonchev–Trinajstić information content (AvgIpc) is 3.19. The maximum absolute atomic E-state index is 15.3. The van der Waals surface area contributed by atoms with Crippen LogP contribution in [0.1, 0.15) is 30.1 Å². The van der Waals surface area contributed by atoms with Crippen LogP contribution in [0.25, 0.3) is 22.4 Å². The van der Waals surface area contributed by atoms with E-state index in [4.69, 9.17) is 13.7 Å². The standard InChI is InChI=1S/C18H18FN3O4/c1-9-5-22(6-10(2)25-9)17-12(7-23)4-13-16(14-8-24-11(3)20-14)21-26-18(13)15(17)19/h4,7-10H,5-6H2,1-3H3. The second-order valence-corrected chi connectivity index (χ2v) is 6.57. The highest BCUT2D eigenvalue weighted by Gasteiger charge is 2.29. The number of rotatable bonds is 3. The Morgan fingerprint density at radius 3 is 2.65 bits per heavy atom. The number of hydrogen-bond donors (Lipinski definition) is 0. The molecule has 26 heavy (non-hydrogen) atoms. The summed E-state index contributed by atoms with van der Waals surface area (Å²) in [5, 5.41) is 4.32. The number of carbonyl (C=O) groups is 1. The number of halogens is 1. The minimum absolute atomic E-state index is 0.00643. The molecule has 1 aliphatic rings. The Bertz CT molecular complexity index is 970. The van der Waals surface area contributed by atoms with Crippen LogP contribution < -0.4 is 4.90 Å². The molecular weight excluding hydrogens is 341 g/mol. The van der Waals surface area contributed by atoms with Crippen LogP contribution in [-0.2, 0) is 4.74 Å². The number of anilines is 1. The van der Waals surface area contributed by atoms with Gasteiger partial charge in [0.15, 0.2) is 18.0 Å². The Kier molecular flexibility index (Phi) is 3.99. The van der Waals surface area contributed by atoms with Crippen LogP contribution in [0.5, 0.6) is 0 Å². The van der Waals surface area contributed by atoms with E-state index in [1.165, 1.54) is 6.26 Å². The molecular formula is C18H18FN3O4. The maximum Gasteiger partial charge on any atom is 0.205 e. The second-order valence-electron chi connectivity index (χ2n) is 6.57. The first-order valence-corrected chi connectivity index (χ1v) is 8.38. The quantitative estimate of drug-likeness (QED) is 0.663. The smallest absolute Gasteiger partial charge is 0.205 e. The molecule has 4 rings (SSSR count). The zero-order valence-electron chi connectivity index (χ0n) is 14.7. The van der Waals surface area contributed by atoms with Gasteiger partial charge >= 0.3 is 0 Å². The summed E-state index contributed by atoms with van der Waals surface area (Å²) in [5.41, 5.74) is 1.22. The molecule has 136 valence electrons. The molecule has 1 aromatic carbocycles. The first kappa shape index (κ1) is 16.7. The number of aromatic nitrogens is 2. The molecule has 0 radical (unpaired) electrons. The van der Waals surface area contributed by atoms with Crippen molar-refractivity contribution in [3.8, 4) is 11.4 Å². The molecule has 2 unspecified atom stereocenters. The number of hydrogen-bond acceptors (Lipinski definition) is 7. The summed E-state index contributed by atoms with van der Waals surface area (Å²) in [6.07, 6.45) is 1.92. The monoisotopic (exact) mass is 359 g/mol. The summed E-state index contributed by atoms with van der Waals surface area (Å²) >= 11 is 0. The summed E-state index contributed by atoms with van der Waals surface area (Å²) in [6.45, 7) is 6.49. The van der Waals surface area contributed by atoms with Crippen molar-refractivity contribution >= 4 is 22.9 Å². The number of oxazole rings is 1. The molecule has 8 heteroatoms. The number of nitrogens with zero attached hydrogens (tertiary/aromatic N) is 3. The van der Waals surface area contributed by atoms with Crippen LogP contribution in [0.3, 0.4) is 0 Å². The van der Waals surface area contributed by atoms with Gasteiger partial charge in [-0.2, -0.15) is 0 Å². The van der Waals surface area contributed by atoms with Gasteiger partial charge in [0.05, 0.1) is 23.3 Å². The Morgan fingerprint density at radius 2 is 2.04 bits per heavy atom. The number of ether oxygens (including phenoxy) is 1. The number of fused-ring (bicyclic) bond motifs is 1. The van der Waals surface area contributed by atoms with Gasteiger partial charge in [-0.3, -0.25) is 4.79 Å².